The molecule has 0 atom stereocenters. The average molecular weight is 180 g/mol. The Labute approximate surface area is 74.4 Å². The number of hydrogen-bond acceptors (Lipinski definition) is 4. The molecule has 0 bridgehead atoms. The number of amides is 1. The maximum atomic E-state index is 10.7. The van der Waals surface area contributed by atoms with E-state index >= 15 is 0 Å². The summed E-state index contributed by atoms with van der Waals surface area (Å²) < 4.78 is 0. The normalized spacial score (nSPS) is 9.31. The number of nitrogens with zero attached hydrogens (tertiary/aromatic N) is 1. The van der Waals surface area contributed by atoms with Gasteiger partial charge in [-0.1, -0.05) is 6.07 Å². The number of benzene rings is 1. The Hall–Kier alpha value is -1.91. The van der Waals surface area contributed by atoms with Crippen LogP contribution in [0.25, 0.3) is 0 Å². The van der Waals surface area contributed by atoms with Crippen LogP contribution in [0.3, 0.4) is 0 Å². The number of nitrogens with one attached hydrogen (secondary N) is 1. The lowest BCUT2D eigenvalue weighted by atomic mass is 10.2. The minimum Gasteiger partial charge on any atom is -0.506 e. The van der Waals surface area contributed by atoms with E-state index in [1.54, 1.807) is 0 Å². The maximum absolute atomic E-state index is 10.7. The number of para-hydroxylation sites is 1. The second-order valence-electron chi connectivity index (χ2n) is 2.44. The monoisotopic (exact) mass is 180 g/mol. The van der Waals surface area contributed by atoms with Crippen molar-refractivity contribution in [1.29, 1.82) is 0 Å². The van der Waals surface area contributed by atoms with Crippen LogP contribution in [0.2, 0.25) is 0 Å². The predicted molar refractivity (Wildman–Crippen MR) is 47.9 cm³/mol. The zero-order valence-electron chi connectivity index (χ0n) is 6.94. The molecule has 13 heavy (non-hydrogen) atoms. The van der Waals surface area contributed by atoms with E-state index in [-0.39, 0.29) is 23.0 Å². The molecule has 0 spiro atoms. The van der Waals surface area contributed by atoms with E-state index in [0.717, 1.165) is 0 Å². The second kappa shape index (κ2) is 3.66. The van der Waals surface area contributed by atoms with Crippen LogP contribution in [-0.2, 0) is 4.79 Å². The van der Waals surface area contributed by atoms with Gasteiger partial charge in [-0.05, 0) is 17.3 Å². The van der Waals surface area contributed by atoms with Crippen molar-refractivity contribution in [3.05, 3.63) is 23.1 Å². The topological polar surface area (TPSA) is 78.8 Å². The van der Waals surface area contributed by atoms with Gasteiger partial charge in [-0.15, -0.1) is 4.91 Å². The first kappa shape index (κ1) is 9.18. The van der Waals surface area contributed by atoms with E-state index in [0.29, 0.717) is 0 Å². The molecule has 0 saturated carbocycles. The summed E-state index contributed by atoms with van der Waals surface area (Å²) in [5.74, 6) is -0.543. The average Bonchev–Trinajstić information content (AvgIpc) is 2.08. The summed E-state index contributed by atoms with van der Waals surface area (Å²) in [5, 5.41) is 14.2. The third-order valence-corrected chi connectivity index (χ3v) is 1.42. The van der Waals surface area contributed by atoms with E-state index in [1.165, 1.54) is 25.1 Å². The molecule has 5 nitrogen and oxygen atoms in total. The molecular weight excluding hydrogens is 172 g/mol. The van der Waals surface area contributed by atoms with Crippen molar-refractivity contribution in [2.45, 2.75) is 6.92 Å². The molecular formula is C8H8N2O3. The molecule has 0 unspecified atom stereocenters. The summed E-state index contributed by atoms with van der Waals surface area (Å²) in [7, 11) is 0. The third kappa shape index (κ3) is 2.02. The SMILES string of the molecule is CC(=O)Nc1c(O)cccc1N=O. The van der Waals surface area contributed by atoms with Crippen molar-refractivity contribution < 1.29 is 9.90 Å². The lowest BCUT2D eigenvalue weighted by Crippen LogP contribution is -2.05. The molecule has 5 heteroatoms. The van der Waals surface area contributed by atoms with Crippen LogP contribution >= 0.6 is 0 Å². The largest absolute Gasteiger partial charge is 0.506 e. The van der Waals surface area contributed by atoms with E-state index < -0.39 is 0 Å². The van der Waals surface area contributed by atoms with Crippen LogP contribution < -0.4 is 5.32 Å². The summed E-state index contributed by atoms with van der Waals surface area (Å²) in [6.45, 7) is 1.28. The highest BCUT2D eigenvalue weighted by Gasteiger charge is 2.08. The fourth-order valence-corrected chi connectivity index (χ4v) is 0.908. The molecule has 0 aliphatic rings. The van der Waals surface area contributed by atoms with Gasteiger partial charge in [0.2, 0.25) is 5.91 Å². The number of carbonyl (C=O) groups is 1. The van der Waals surface area contributed by atoms with E-state index in [9.17, 15) is 14.8 Å². The fraction of sp³-hybridized carbons (Fsp3) is 0.125. The summed E-state index contributed by atoms with van der Waals surface area (Å²) in [5.41, 5.74) is 0.0557. The fourth-order valence-electron chi connectivity index (χ4n) is 0.908. The highest BCUT2D eigenvalue weighted by Crippen LogP contribution is 2.33. The molecule has 0 fully saturated rings. The summed E-state index contributed by atoms with van der Waals surface area (Å²) in [6.07, 6.45) is 0. The van der Waals surface area contributed by atoms with Crippen LogP contribution in [-0.4, -0.2) is 11.0 Å². The number of carbonyl (C=O) groups excluding carboxylic acids is 1. The molecule has 0 aliphatic heterocycles. The highest BCUT2D eigenvalue weighted by atomic mass is 16.3. The Bertz CT molecular complexity index is 349. The van der Waals surface area contributed by atoms with Gasteiger partial charge in [0.15, 0.2) is 0 Å². The molecule has 1 amide bonds. The van der Waals surface area contributed by atoms with Gasteiger partial charge in [0, 0.05) is 6.92 Å². The summed E-state index contributed by atoms with van der Waals surface area (Å²) in [4.78, 5) is 20.9. The van der Waals surface area contributed by atoms with Crippen molar-refractivity contribution in [2.75, 3.05) is 5.32 Å². The van der Waals surface area contributed by atoms with Crippen molar-refractivity contribution in [3.63, 3.8) is 0 Å². The highest BCUT2D eigenvalue weighted by molar-refractivity contribution is 5.94. The first-order valence-corrected chi connectivity index (χ1v) is 3.58. The number of anilines is 1. The van der Waals surface area contributed by atoms with Gasteiger partial charge in [0.1, 0.15) is 17.1 Å². The molecule has 1 aromatic carbocycles. The first-order chi connectivity index (χ1) is 6.15. The zero-order valence-corrected chi connectivity index (χ0v) is 6.94. The Morgan fingerprint density at radius 2 is 2.23 bits per heavy atom. The van der Waals surface area contributed by atoms with Gasteiger partial charge < -0.3 is 10.4 Å². The van der Waals surface area contributed by atoms with Crippen molar-refractivity contribution in [1.82, 2.24) is 0 Å². The van der Waals surface area contributed by atoms with E-state index in [4.69, 9.17) is 0 Å². The molecule has 68 valence electrons. The van der Waals surface area contributed by atoms with E-state index in [1.807, 2.05) is 0 Å². The minimum atomic E-state index is -0.369. The van der Waals surface area contributed by atoms with Gasteiger partial charge in [-0.25, -0.2) is 0 Å². The van der Waals surface area contributed by atoms with Crippen LogP contribution in [0, 0.1) is 4.91 Å². The Morgan fingerprint density at radius 1 is 1.54 bits per heavy atom. The van der Waals surface area contributed by atoms with Gasteiger partial charge >= 0.3 is 0 Å². The van der Waals surface area contributed by atoms with Gasteiger partial charge in [0.25, 0.3) is 0 Å². The molecule has 1 aromatic rings. The number of aromatic hydroxyl groups is 1. The standard InChI is InChI=1S/C8H8N2O3/c1-5(11)9-8-6(10-13)3-2-4-7(8)12/h2-4,12H,1H3,(H,9,11). The lowest BCUT2D eigenvalue weighted by molar-refractivity contribution is -0.114. The maximum Gasteiger partial charge on any atom is 0.221 e. The number of phenolic OH excluding ortho intramolecular Hbond substituents is 1. The van der Waals surface area contributed by atoms with Crippen LogP contribution in [0.4, 0.5) is 11.4 Å². The number of rotatable bonds is 2. The van der Waals surface area contributed by atoms with Gasteiger partial charge in [-0.3, -0.25) is 4.79 Å². The number of hydrogen-bond donors (Lipinski definition) is 2. The number of nitroso groups, excluding NO2 is 1. The van der Waals surface area contributed by atoms with Gasteiger partial charge in [-0.2, -0.15) is 0 Å². The molecule has 0 aliphatic carbocycles. The molecule has 2 N–H and O–H groups in total. The quantitative estimate of drug-likeness (QED) is 0.537. The first-order valence-electron chi connectivity index (χ1n) is 3.58. The molecule has 1 rings (SSSR count). The second-order valence-corrected chi connectivity index (χ2v) is 2.44. The Kier molecular flexibility index (Phi) is 2.59. The number of phenols is 1. The van der Waals surface area contributed by atoms with Gasteiger partial charge in [0.05, 0.1) is 0 Å². The molecule has 0 aromatic heterocycles. The van der Waals surface area contributed by atoms with Crippen LogP contribution in [0.15, 0.2) is 23.4 Å². The predicted octanol–water partition coefficient (Wildman–Crippen LogP) is 1.75. The van der Waals surface area contributed by atoms with Crippen molar-refractivity contribution >= 4 is 17.3 Å². The lowest BCUT2D eigenvalue weighted by Gasteiger charge is -2.05. The van der Waals surface area contributed by atoms with Crippen molar-refractivity contribution in [2.24, 2.45) is 5.18 Å². The molecule has 0 radical (unpaired) electrons. The van der Waals surface area contributed by atoms with Crippen molar-refractivity contribution in [3.8, 4) is 5.75 Å². The smallest absolute Gasteiger partial charge is 0.221 e. The molecule has 0 heterocycles. The summed E-state index contributed by atoms with van der Waals surface area (Å²) >= 11 is 0. The van der Waals surface area contributed by atoms with Crippen LogP contribution in [0.1, 0.15) is 6.92 Å². The van der Waals surface area contributed by atoms with E-state index in [2.05, 4.69) is 10.5 Å². The summed E-state index contributed by atoms with van der Waals surface area (Å²) in [6, 6.07) is 4.23. The Balaban J connectivity index is 3.14. The Morgan fingerprint density at radius 3 is 2.77 bits per heavy atom. The third-order valence-electron chi connectivity index (χ3n) is 1.42. The minimum absolute atomic E-state index is 0.00944. The molecule has 0 saturated heterocycles. The zero-order chi connectivity index (χ0) is 9.84. The van der Waals surface area contributed by atoms with Crippen LogP contribution in [0.5, 0.6) is 5.75 Å².